The minimum atomic E-state index is 0.155. The highest BCUT2D eigenvalue weighted by Crippen LogP contribution is 2.59. The monoisotopic (exact) mass is 384 g/mol. The first kappa shape index (κ1) is 18.3. The van der Waals surface area contributed by atoms with Crippen LogP contribution < -0.4 is 5.32 Å². The average Bonchev–Trinajstić information content (AvgIpc) is 3.39. The molecule has 0 radical (unpaired) electrons. The van der Waals surface area contributed by atoms with Gasteiger partial charge in [-0.1, -0.05) is 41.9 Å². The third kappa shape index (κ3) is 4.12. The van der Waals surface area contributed by atoms with Crippen molar-refractivity contribution in [3.05, 3.63) is 64.7 Å². The van der Waals surface area contributed by atoms with Crippen LogP contribution in [0.25, 0.3) is 0 Å². The van der Waals surface area contributed by atoms with Crippen molar-refractivity contribution in [3.63, 3.8) is 0 Å². The molecule has 5 heteroatoms. The Bertz CT molecular complexity index is 816. The Hall–Kier alpha value is -2.04. The van der Waals surface area contributed by atoms with Crippen molar-refractivity contribution in [1.82, 2.24) is 10.2 Å². The van der Waals surface area contributed by atoms with Crippen LogP contribution in [0.1, 0.15) is 30.4 Å². The molecule has 27 heavy (non-hydrogen) atoms. The van der Waals surface area contributed by atoms with Gasteiger partial charge in [0.2, 0.25) is 5.91 Å². The van der Waals surface area contributed by atoms with Crippen LogP contribution >= 0.6 is 11.6 Å². The fraction of sp³-hybridized carbons (Fsp3) is 0.409. The summed E-state index contributed by atoms with van der Waals surface area (Å²) >= 11 is 6.04. The van der Waals surface area contributed by atoms with E-state index in [0.717, 1.165) is 43.5 Å². The van der Waals surface area contributed by atoms with Gasteiger partial charge in [-0.2, -0.15) is 0 Å². The smallest absolute Gasteiger partial charge is 0.223 e. The van der Waals surface area contributed by atoms with Crippen LogP contribution in [0, 0.1) is 11.3 Å². The maximum atomic E-state index is 12.5. The predicted molar refractivity (Wildman–Crippen MR) is 106 cm³/mol. The van der Waals surface area contributed by atoms with E-state index in [1.165, 1.54) is 0 Å². The lowest BCUT2D eigenvalue weighted by Gasteiger charge is -2.33. The van der Waals surface area contributed by atoms with Gasteiger partial charge in [0.05, 0.1) is 0 Å². The first-order valence-electron chi connectivity index (χ1n) is 9.57. The number of rotatable bonds is 5. The Morgan fingerprint density at radius 2 is 1.93 bits per heavy atom. The summed E-state index contributed by atoms with van der Waals surface area (Å²) in [6.07, 6.45) is 3.08. The number of phenolic OH excluding ortho intramolecular Hbond substituents is 1. The third-order valence-electron chi connectivity index (χ3n) is 6.10. The lowest BCUT2D eigenvalue weighted by atomic mass is 9.90. The summed E-state index contributed by atoms with van der Waals surface area (Å²) in [6.45, 7) is 3.21. The van der Waals surface area contributed by atoms with E-state index in [0.29, 0.717) is 23.9 Å². The number of hydrogen-bond acceptors (Lipinski definition) is 3. The number of nitrogens with one attached hydrogen (secondary N) is 1. The van der Waals surface area contributed by atoms with E-state index >= 15 is 0 Å². The van der Waals surface area contributed by atoms with Gasteiger partial charge in [0.25, 0.3) is 0 Å². The molecular formula is C22H25ClN2O2. The quantitative estimate of drug-likeness (QED) is 0.820. The second-order valence-electron chi connectivity index (χ2n) is 7.87. The van der Waals surface area contributed by atoms with Gasteiger partial charge in [0.15, 0.2) is 0 Å². The fourth-order valence-electron chi connectivity index (χ4n) is 4.26. The number of piperidine rings is 1. The number of carbonyl (C=O) groups excluding carboxylic acids is 1. The molecule has 2 fully saturated rings. The van der Waals surface area contributed by atoms with E-state index in [4.69, 9.17) is 11.6 Å². The SMILES string of the molecule is O=C(NCc1ccccc1)C1CC12CCN(Cc1cc(Cl)ccc1O)CC2. The van der Waals surface area contributed by atoms with Crippen molar-refractivity contribution in [2.24, 2.45) is 11.3 Å². The molecule has 2 N–H and O–H groups in total. The maximum absolute atomic E-state index is 12.5. The molecule has 1 atom stereocenters. The summed E-state index contributed by atoms with van der Waals surface area (Å²) < 4.78 is 0. The van der Waals surface area contributed by atoms with Crippen LogP contribution in [0.4, 0.5) is 0 Å². The normalized spacial score (nSPS) is 21.1. The van der Waals surface area contributed by atoms with Crippen LogP contribution in [0.5, 0.6) is 5.75 Å². The third-order valence-corrected chi connectivity index (χ3v) is 6.34. The van der Waals surface area contributed by atoms with Crippen LogP contribution in [0.2, 0.25) is 5.02 Å². The minimum absolute atomic E-state index is 0.155. The van der Waals surface area contributed by atoms with Gasteiger partial charge in [0.1, 0.15) is 5.75 Å². The first-order chi connectivity index (χ1) is 13.1. The molecular weight excluding hydrogens is 360 g/mol. The van der Waals surface area contributed by atoms with Gasteiger partial charge in [-0.25, -0.2) is 0 Å². The Morgan fingerprint density at radius 3 is 2.67 bits per heavy atom. The number of nitrogens with zero attached hydrogens (tertiary/aromatic N) is 1. The highest BCUT2D eigenvalue weighted by atomic mass is 35.5. The Morgan fingerprint density at radius 1 is 1.19 bits per heavy atom. The summed E-state index contributed by atoms with van der Waals surface area (Å²) in [5.41, 5.74) is 2.19. The zero-order chi connectivity index (χ0) is 18.9. The lowest BCUT2D eigenvalue weighted by molar-refractivity contribution is -0.123. The van der Waals surface area contributed by atoms with E-state index in [1.54, 1.807) is 12.1 Å². The van der Waals surface area contributed by atoms with E-state index < -0.39 is 0 Å². The first-order valence-corrected chi connectivity index (χ1v) is 9.95. The Balaban J connectivity index is 1.27. The van der Waals surface area contributed by atoms with Gasteiger partial charge in [0, 0.05) is 29.6 Å². The number of benzene rings is 2. The van der Waals surface area contributed by atoms with Crippen molar-refractivity contribution in [2.45, 2.75) is 32.4 Å². The summed E-state index contributed by atoms with van der Waals surface area (Å²) in [4.78, 5) is 14.9. The molecule has 2 aromatic rings. The number of carbonyl (C=O) groups is 1. The van der Waals surface area contributed by atoms with E-state index in [1.807, 2.05) is 36.4 Å². The Labute approximate surface area is 165 Å². The zero-order valence-corrected chi connectivity index (χ0v) is 16.1. The summed E-state index contributed by atoms with van der Waals surface area (Å²) in [7, 11) is 0. The number of aromatic hydroxyl groups is 1. The number of phenols is 1. The molecule has 1 aliphatic carbocycles. The van der Waals surface area contributed by atoms with Crippen molar-refractivity contribution < 1.29 is 9.90 Å². The summed E-state index contributed by atoms with van der Waals surface area (Å²) in [6, 6.07) is 15.2. The second kappa shape index (κ2) is 7.53. The fourth-order valence-corrected chi connectivity index (χ4v) is 4.45. The van der Waals surface area contributed by atoms with Crippen LogP contribution in [0.15, 0.2) is 48.5 Å². The van der Waals surface area contributed by atoms with Crippen molar-refractivity contribution >= 4 is 17.5 Å². The molecule has 4 nitrogen and oxygen atoms in total. The number of likely N-dealkylation sites (tertiary alicyclic amines) is 1. The van der Waals surface area contributed by atoms with Gasteiger partial charge in [-0.3, -0.25) is 9.69 Å². The molecule has 1 saturated carbocycles. The molecule has 0 bridgehead atoms. The average molecular weight is 385 g/mol. The van der Waals surface area contributed by atoms with Crippen molar-refractivity contribution in [1.29, 1.82) is 0 Å². The van der Waals surface area contributed by atoms with E-state index in [9.17, 15) is 9.90 Å². The lowest BCUT2D eigenvalue weighted by Crippen LogP contribution is -2.36. The van der Waals surface area contributed by atoms with Crippen LogP contribution in [-0.2, 0) is 17.9 Å². The predicted octanol–water partition coefficient (Wildman–Crippen LogP) is 3.96. The maximum Gasteiger partial charge on any atom is 0.223 e. The molecule has 1 spiro atoms. The van der Waals surface area contributed by atoms with E-state index in [-0.39, 0.29) is 17.2 Å². The van der Waals surface area contributed by atoms with Crippen LogP contribution in [0.3, 0.4) is 0 Å². The molecule has 2 aliphatic rings. The Kier molecular flexibility index (Phi) is 5.11. The number of amides is 1. The zero-order valence-electron chi connectivity index (χ0n) is 15.3. The molecule has 2 aromatic carbocycles. The van der Waals surface area contributed by atoms with Gasteiger partial charge >= 0.3 is 0 Å². The molecule has 0 aromatic heterocycles. The van der Waals surface area contributed by atoms with E-state index in [2.05, 4.69) is 10.2 Å². The number of halogens is 1. The molecule has 1 aliphatic heterocycles. The van der Waals surface area contributed by atoms with Gasteiger partial charge < -0.3 is 10.4 Å². The molecule has 1 saturated heterocycles. The molecule has 1 amide bonds. The molecule has 1 heterocycles. The second-order valence-corrected chi connectivity index (χ2v) is 8.31. The highest BCUT2D eigenvalue weighted by Gasteiger charge is 2.58. The summed E-state index contributed by atoms with van der Waals surface area (Å²) in [5.74, 6) is 0.645. The van der Waals surface area contributed by atoms with Gasteiger partial charge in [-0.15, -0.1) is 0 Å². The molecule has 4 rings (SSSR count). The summed E-state index contributed by atoms with van der Waals surface area (Å²) in [5, 5.41) is 13.8. The molecule has 1 unspecified atom stereocenters. The van der Waals surface area contributed by atoms with Crippen LogP contribution in [-0.4, -0.2) is 29.0 Å². The standard InChI is InChI=1S/C22H25ClN2O2/c23-18-6-7-20(26)17(12-18)15-25-10-8-22(9-11-25)13-19(22)21(27)24-14-16-4-2-1-3-5-16/h1-7,12,19,26H,8-11,13-15H2,(H,24,27). The highest BCUT2D eigenvalue weighted by molar-refractivity contribution is 6.30. The van der Waals surface area contributed by atoms with Crippen molar-refractivity contribution in [3.8, 4) is 5.75 Å². The number of hydrogen-bond donors (Lipinski definition) is 2. The topological polar surface area (TPSA) is 52.6 Å². The van der Waals surface area contributed by atoms with Gasteiger partial charge in [-0.05, 0) is 61.5 Å². The largest absolute Gasteiger partial charge is 0.508 e. The molecule has 142 valence electrons. The minimum Gasteiger partial charge on any atom is -0.508 e. The van der Waals surface area contributed by atoms with Crippen molar-refractivity contribution in [2.75, 3.05) is 13.1 Å².